The first-order valence-corrected chi connectivity index (χ1v) is 6.48. The van der Waals surface area contributed by atoms with Gasteiger partial charge in [-0.25, -0.2) is 0 Å². The maximum Gasteiger partial charge on any atom is 0.222 e. The van der Waals surface area contributed by atoms with E-state index in [9.17, 15) is 0 Å². The minimum atomic E-state index is -0.827. The first-order valence-electron chi connectivity index (χ1n) is 6.48. The number of hydrogen-bond donors (Lipinski definition) is 1. The van der Waals surface area contributed by atoms with Gasteiger partial charge in [-0.1, -0.05) is 60.7 Å². The molecule has 0 aromatic heterocycles. The van der Waals surface area contributed by atoms with E-state index in [-0.39, 0.29) is 6.10 Å². The normalized spacial score (nSPS) is 21.4. The van der Waals surface area contributed by atoms with Crippen molar-refractivity contribution in [2.75, 3.05) is 13.2 Å². The predicted octanol–water partition coefficient (Wildman–Crippen LogP) is 2.26. The Hall–Kier alpha value is -1.68. The maximum atomic E-state index is 6.12. The molecule has 2 N–H and O–H groups in total. The predicted molar refractivity (Wildman–Crippen MR) is 73.5 cm³/mol. The first kappa shape index (κ1) is 12.4. The third-order valence-electron chi connectivity index (χ3n) is 3.38. The molecule has 0 radical (unpaired) electrons. The number of benzene rings is 2. The number of nitrogens with two attached hydrogens (primary N) is 1. The molecule has 3 rings (SSSR count). The Morgan fingerprint density at radius 2 is 1.47 bits per heavy atom. The highest BCUT2D eigenvalue weighted by Crippen LogP contribution is 2.40. The lowest BCUT2D eigenvalue weighted by molar-refractivity contribution is -0.141. The summed E-state index contributed by atoms with van der Waals surface area (Å²) >= 11 is 0. The maximum absolute atomic E-state index is 6.12. The number of hydrogen-bond acceptors (Lipinski definition) is 3. The van der Waals surface area contributed by atoms with Gasteiger partial charge in [0.25, 0.3) is 0 Å². The van der Waals surface area contributed by atoms with Gasteiger partial charge in [-0.2, -0.15) is 0 Å². The Balaban J connectivity index is 2.07. The van der Waals surface area contributed by atoms with Crippen LogP contribution in [0.3, 0.4) is 0 Å². The minimum Gasteiger partial charge on any atom is -0.339 e. The fraction of sp³-hybridized carbons (Fsp3) is 0.250. The van der Waals surface area contributed by atoms with Crippen LogP contribution in [-0.4, -0.2) is 19.3 Å². The van der Waals surface area contributed by atoms with Gasteiger partial charge in [-0.05, 0) is 0 Å². The Morgan fingerprint density at radius 3 is 1.89 bits per heavy atom. The molecule has 0 aliphatic carbocycles. The molecule has 3 heteroatoms. The topological polar surface area (TPSA) is 44.5 Å². The lowest BCUT2D eigenvalue weighted by Crippen LogP contribution is -2.31. The largest absolute Gasteiger partial charge is 0.339 e. The van der Waals surface area contributed by atoms with Crippen molar-refractivity contribution < 1.29 is 9.47 Å². The summed E-state index contributed by atoms with van der Waals surface area (Å²) in [7, 11) is 0. The molecule has 3 nitrogen and oxygen atoms in total. The van der Waals surface area contributed by atoms with Crippen molar-refractivity contribution in [3.8, 4) is 0 Å². The molecule has 98 valence electrons. The summed E-state index contributed by atoms with van der Waals surface area (Å²) < 4.78 is 12.1. The zero-order chi connectivity index (χ0) is 13.1. The summed E-state index contributed by atoms with van der Waals surface area (Å²) in [6.07, 6.45) is -0.0691. The second kappa shape index (κ2) is 5.13. The molecule has 1 unspecified atom stereocenters. The molecule has 0 amide bonds. The van der Waals surface area contributed by atoms with Gasteiger partial charge >= 0.3 is 0 Å². The van der Waals surface area contributed by atoms with Crippen LogP contribution in [0.1, 0.15) is 11.1 Å². The van der Waals surface area contributed by atoms with Crippen LogP contribution in [0.5, 0.6) is 0 Å². The van der Waals surface area contributed by atoms with Crippen LogP contribution < -0.4 is 5.73 Å². The second-order valence-corrected chi connectivity index (χ2v) is 4.64. The van der Waals surface area contributed by atoms with Crippen LogP contribution >= 0.6 is 0 Å². The Kier molecular flexibility index (Phi) is 3.34. The highest BCUT2D eigenvalue weighted by molar-refractivity contribution is 5.34. The summed E-state index contributed by atoms with van der Waals surface area (Å²) in [5.74, 6) is -0.827. The minimum absolute atomic E-state index is 0.0691. The van der Waals surface area contributed by atoms with Gasteiger partial charge in [0.15, 0.2) is 0 Å². The fourth-order valence-corrected chi connectivity index (χ4v) is 2.41. The second-order valence-electron chi connectivity index (χ2n) is 4.64. The molecular weight excluding hydrogens is 238 g/mol. The molecule has 1 heterocycles. The van der Waals surface area contributed by atoms with Crippen LogP contribution in [-0.2, 0) is 15.3 Å². The molecule has 1 saturated heterocycles. The Bertz CT molecular complexity index is 487. The van der Waals surface area contributed by atoms with Gasteiger partial charge < -0.3 is 15.2 Å². The molecule has 2 aromatic carbocycles. The van der Waals surface area contributed by atoms with E-state index in [2.05, 4.69) is 0 Å². The molecule has 2 aromatic rings. The Morgan fingerprint density at radius 1 is 0.947 bits per heavy atom. The lowest BCUT2D eigenvalue weighted by atomic mass is 9.97. The van der Waals surface area contributed by atoms with Crippen LogP contribution in [0.15, 0.2) is 60.7 Å². The SMILES string of the molecule is NCC1COC(c2ccccc2)(c2ccccc2)O1. The van der Waals surface area contributed by atoms with Crippen molar-refractivity contribution in [3.63, 3.8) is 0 Å². The molecule has 19 heavy (non-hydrogen) atoms. The van der Waals surface area contributed by atoms with Crippen LogP contribution in [0.4, 0.5) is 0 Å². The average Bonchev–Trinajstić information content (AvgIpc) is 2.95. The first-order chi connectivity index (χ1) is 9.35. The van der Waals surface area contributed by atoms with Gasteiger partial charge in [0.1, 0.15) is 0 Å². The lowest BCUT2D eigenvalue weighted by Gasteiger charge is -2.29. The highest BCUT2D eigenvalue weighted by Gasteiger charge is 2.44. The zero-order valence-electron chi connectivity index (χ0n) is 10.7. The van der Waals surface area contributed by atoms with Gasteiger partial charge in [-0.3, -0.25) is 0 Å². The van der Waals surface area contributed by atoms with Crippen LogP contribution in [0.25, 0.3) is 0 Å². The van der Waals surface area contributed by atoms with E-state index in [0.717, 1.165) is 11.1 Å². The van der Waals surface area contributed by atoms with E-state index in [1.807, 2.05) is 60.7 Å². The van der Waals surface area contributed by atoms with Gasteiger partial charge in [0.2, 0.25) is 5.79 Å². The van der Waals surface area contributed by atoms with Crippen molar-refractivity contribution in [1.29, 1.82) is 0 Å². The molecule has 1 aliphatic heterocycles. The number of rotatable bonds is 3. The van der Waals surface area contributed by atoms with Crippen molar-refractivity contribution in [1.82, 2.24) is 0 Å². The zero-order valence-corrected chi connectivity index (χ0v) is 10.7. The van der Waals surface area contributed by atoms with Gasteiger partial charge in [0.05, 0.1) is 12.7 Å². The van der Waals surface area contributed by atoms with Crippen LogP contribution in [0.2, 0.25) is 0 Å². The third-order valence-corrected chi connectivity index (χ3v) is 3.38. The van der Waals surface area contributed by atoms with E-state index in [1.54, 1.807) is 0 Å². The molecule has 1 aliphatic rings. The van der Waals surface area contributed by atoms with E-state index >= 15 is 0 Å². The van der Waals surface area contributed by atoms with E-state index in [1.165, 1.54) is 0 Å². The van der Waals surface area contributed by atoms with Gasteiger partial charge in [0, 0.05) is 17.7 Å². The van der Waals surface area contributed by atoms with Crippen molar-refractivity contribution in [3.05, 3.63) is 71.8 Å². The summed E-state index contributed by atoms with van der Waals surface area (Å²) in [6, 6.07) is 20.0. The highest BCUT2D eigenvalue weighted by atomic mass is 16.7. The summed E-state index contributed by atoms with van der Waals surface area (Å²) in [6.45, 7) is 0.974. The third kappa shape index (κ3) is 2.16. The summed E-state index contributed by atoms with van der Waals surface area (Å²) in [4.78, 5) is 0. The molecular formula is C16H17NO2. The van der Waals surface area contributed by atoms with E-state index in [0.29, 0.717) is 13.2 Å². The molecule has 1 atom stereocenters. The quantitative estimate of drug-likeness (QED) is 0.915. The average molecular weight is 255 g/mol. The fourth-order valence-electron chi connectivity index (χ4n) is 2.41. The van der Waals surface area contributed by atoms with Crippen molar-refractivity contribution in [2.24, 2.45) is 5.73 Å². The summed E-state index contributed by atoms with van der Waals surface area (Å²) in [5, 5.41) is 0. The van der Waals surface area contributed by atoms with Crippen LogP contribution in [0, 0.1) is 0 Å². The Labute approximate surface area is 113 Å². The molecule has 1 fully saturated rings. The van der Waals surface area contributed by atoms with Crippen molar-refractivity contribution in [2.45, 2.75) is 11.9 Å². The molecule has 0 bridgehead atoms. The van der Waals surface area contributed by atoms with E-state index in [4.69, 9.17) is 15.2 Å². The smallest absolute Gasteiger partial charge is 0.222 e. The summed E-state index contributed by atoms with van der Waals surface area (Å²) in [5.41, 5.74) is 7.70. The molecule has 0 saturated carbocycles. The van der Waals surface area contributed by atoms with E-state index < -0.39 is 5.79 Å². The standard InChI is InChI=1S/C16H17NO2/c17-11-15-12-18-16(19-15,13-7-3-1-4-8-13)14-9-5-2-6-10-14/h1-10,15H,11-12,17H2. The number of ether oxygens (including phenoxy) is 2. The molecule has 0 spiro atoms. The monoisotopic (exact) mass is 255 g/mol. The van der Waals surface area contributed by atoms with Crippen molar-refractivity contribution >= 4 is 0 Å². The van der Waals surface area contributed by atoms with Gasteiger partial charge in [-0.15, -0.1) is 0 Å².